The third-order valence-electron chi connectivity index (χ3n) is 1.92. The molecule has 1 aromatic rings. The Morgan fingerprint density at radius 1 is 0.944 bits per heavy atom. The number of benzene rings is 1. The van der Waals surface area contributed by atoms with Gasteiger partial charge in [0.05, 0.1) is 5.56 Å². The van der Waals surface area contributed by atoms with Gasteiger partial charge in [-0.1, -0.05) is 25.6 Å². The van der Waals surface area contributed by atoms with Crippen molar-refractivity contribution in [3.8, 4) is 23.3 Å². The molecule has 0 spiro atoms. The van der Waals surface area contributed by atoms with Gasteiger partial charge >= 0.3 is 6.18 Å². The van der Waals surface area contributed by atoms with Gasteiger partial charge in [-0.15, -0.1) is 5.54 Å². The molecule has 0 unspecified atom stereocenters. The average Bonchev–Trinajstić information content (AvgIpc) is 2.22. The van der Waals surface area contributed by atoms with Gasteiger partial charge in [0.25, 0.3) is 0 Å². The lowest BCUT2D eigenvalue weighted by molar-refractivity contribution is -0.137. The second-order valence-electron chi connectivity index (χ2n) is 4.83. The molecule has 0 bridgehead atoms. The zero-order valence-corrected chi connectivity index (χ0v) is 11.4. The maximum atomic E-state index is 12.3. The van der Waals surface area contributed by atoms with Crippen LogP contribution >= 0.6 is 0 Å². The van der Waals surface area contributed by atoms with E-state index in [9.17, 15) is 13.2 Å². The zero-order valence-electron chi connectivity index (χ0n) is 10.4. The van der Waals surface area contributed by atoms with Gasteiger partial charge in [-0.2, -0.15) is 13.2 Å². The molecule has 0 aromatic heterocycles. The Kier molecular flexibility index (Phi) is 4.27. The normalized spacial score (nSPS) is 11.0. The first kappa shape index (κ1) is 14.4. The topological polar surface area (TPSA) is 0 Å². The van der Waals surface area contributed by atoms with Crippen LogP contribution < -0.4 is 0 Å². The van der Waals surface area contributed by atoms with Crippen molar-refractivity contribution < 1.29 is 13.2 Å². The average molecular weight is 266 g/mol. The Balaban J connectivity index is 2.82. The van der Waals surface area contributed by atoms with Crippen molar-refractivity contribution in [1.29, 1.82) is 0 Å². The van der Waals surface area contributed by atoms with Crippen LogP contribution in [0, 0.1) is 23.3 Å². The van der Waals surface area contributed by atoms with Crippen molar-refractivity contribution >= 4 is 8.07 Å². The van der Waals surface area contributed by atoms with Crippen molar-refractivity contribution in [3.63, 3.8) is 0 Å². The fourth-order valence-electron chi connectivity index (χ4n) is 1.06. The molecule has 0 atom stereocenters. The highest BCUT2D eigenvalue weighted by Crippen LogP contribution is 2.28. The molecule has 0 nitrogen and oxygen atoms in total. The van der Waals surface area contributed by atoms with Crippen molar-refractivity contribution in [2.24, 2.45) is 0 Å². The van der Waals surface area contributed by atoms with Gasteiger partial charge in [0.2, 0.25) is 0 Å². The van der Waals surface area contributed by atoms with Gasteiger partial charge in [0.15, 0.2) is 0 Å². The molecule has 0 N–H and O–H groups in total. The highest BCUT2D eigenvalue weighted by atomic mass is 28.3. The Labute approximate surface area is 106 Å². The molecule has 0 saturated heterocycles. The van der Waals surface area contributed by atoms with Crippen LogP contribution in [0.2, 0.25) is 19.6 Å². The Morgan fingerprint density at radius 2 is 1.50 bits per heavy atom. The van der Waals surface area contributed by atoms with Crippen LogP contribution in [0.1, 0.15) is 11.1 Å². The molecule has 18 heavy (non-hydrogen) atoms. The van der Waals surface area contributed by atoms with Crippen LogP contribution in [0.3, 0.4) is 0 Å². The first-order chi connectivity index (χ1) is 8.18. The standard InChI is InChI=1S/C14H13F3Si/c1-18(2,3)11-5-4-6-12-7-9-13(10-8-12)14(15,16)17/h7-10H,1-3H3. The van der Waals surface area contributed by atoms with E-state index in [-0.39, 0.29) is 0 Å². The lowest BCUT2D eigenvalue weighted by Crippen LogP contribution is -2.16. The van der Waals surface area contributed by atoms with Crippen LogP contribution in [-0.2, 0) is 6.18 Å². The minimum Gasteiger partial charge on any atom is -0.166 e. The quantitative estimate of drug-likeness (QED) is 0.493. The second-order valence-corrected chi connectivity index (χ2v) is 9.58. The summed E-state index contributed by atoms with van der Waals surface area (Å²) in [5.74, 6) is 8.13. The van der Waals surface area contributed by atoms with Crippen molar-refractivity contribution in [2.75, 3.05) is 0 Å². The minimum absolute atomic E-state index is 0.535. The van der Waals surface area contributed by atoms with E-state index < -0.39 is 19.8 Å². The summed E-state index contributed by atoms with van der Waals surface area (Å²) in [4.78, 5) is 0. The zero-order chi connectivity index (χ0) is 13.8. The molecule has 1 rings (SSSR count). The predicted octanol–water partition coefficient (Wildman–Crippen LogP) is 3.94. The van der Waals surface area contributed by atoms with Gasteiger partial charge in [0, 0.05) is 5.56 Å². The Morgan fingerprint density at radius 3 is 1.94 bits per heavy atom. The molecule has 1 aromatic carbocycles. The lowest BCUT2D eigenvalue weighted by atomic mass is 10.1. The van der Waals surface area contributed by atoms with Gasteiger partial charge in [-0.3, -0.25) is 0 Å². The number of halogens is 3. The smallest absolute Gasteiger partial charge is 0.166 e. The monoisotopic (exact) mass is 266 g/mol. The Bertz CT molecular complexity index is 525. The summed E-state index contributed by atoms with van der Waals surface area (Å²) >= 11 is 0. The number of rotatable bonds is 0. The molecule has 0 amide bonds. The van der Waals surface area contributed by atoms with Crippen LogP contribution in [0.5, 0.6) is 0 Å². The largest absolute Gasteiger partial charge is 0.416 e. The fourth-order valence-corrected chi connectivity index (χ4v) is 1.50. The third-order valence-corrected chi connectivity index (χ3v) is 2.79. The minimum atomic E-state index is -4.30. The van der Waals surface area contributed by atoms with E-state index in [1.165, 1.54) is 12.1 Å². The van der Waals surface area contributed by atoms with Crippen LogP contribution in [0.4, 0.5) is 13.2 Å². The number of hydrogen-bond acceptors (Lipinski definition) is 0. The van der Waals surface area contributed by atoms with E-state index in [1.54, 1.807) is 0 Å². The van der Waals surface area contributed by atoms with Crippen molar-refractivity contribution in [2.45, 2.75) is 25.8 Å². The third kappa shape index (κ3) is 5.12. The highest BCUT2D eigenvalue weighted by Gasteiger charge is 2.29. The van der Waals surface area contributed by atoms with Gasteiger partial charge in [-0.25, -0.2) is 0 Å². The van der Waals surface area contributed by atoms with E-state index in [1.807, 2.05) is 0 Å². The second kappa shape index (κ2) is 5.33. The van der Waals surface area contributed by atoms with Gasteiger partial charge in [0.1, 0.15) is 8.07 Å². The fraction of sp³-hybridized carbons (Fsp3) is 0.286. The summed E-state index contributed by atoms with van der Waals surface area (Å²) in [6.07, 6.45) is -4.30. The van der Waals surface area contributed by atoms with E-state index >= 15 is 0 Å². The van der Waals surface area contributed by atoms with Crippen LogP contribution in [-0.4, -0.2) is 8.07 Å². The predicted molar refractivity (Wildman–Crippen MR) is 69.4 cm³/mol. The highest BCUT2D eigenvalue weighted by molar-refractivity contribution is 6.83. The van der Waals surface area contributed by atoms with E-state index in [2.05, 4.69) is 42.9 Å². The summed E-state index contributed by atoms with van der Waals surface area (Å²) < 4.78 is 36.9. The molecule has 0 heterocycles. The molecule has 0 radical (unpaired) electrons. The maximum absolute atomic E-state index is 12.3. The number of hydrogen-bond donors (Lipinski definition) is 0. The molecule has 4 heteroatoms. The number of alkyl halides is 3. The summed E-state index contributed by atoms with van der Waals surface area (Å²) in [5.41, 5.74) is 2.93. The van der Waals surface area contributed by atoms with Crippen LogP contribution in [0.15, 0.2) is 24.3 Å². The maximum Gasteiger partial charge on any atom is 0.416 e. The van der Waals surface area contributed by atoms with Crippen molar-refractivity contribution in [1.82, 2.24) is 0 Å². The summed E-state index contributed by atoms with van der Waals surface area (Å²) in [7, 11) is -1.44. The Hall–Kier alpha value is -1.65. The molecule has 0 saturated carbocycles. The molecule has 0 fully saturated rings. The molecular weight excluding hydrogens is 253 g/mol. The SMILES string of the molecule is C[Si](C)(C)C#CC#Cc1ccc(C(F)(F)F)cc1. The molecule has 0 aliphatic carbocycles. The first-order valence-corrected chi connectivity index (χ1v) is 8.89. The van der Waals surface area contributed by atoms with E-state index in [0.717, 1.165) is 12.1 Å². The summed E-state index contributed by atoms with van der Waals surface area (Å²) in [5, 5.41) is 0. The van der Waals surface area contributed by atoms with Crippen LogP contribution in [0.25, 0.3) is 0 Å². The summed E-state index contributed by atoms with van der Waals surface area (Å²) in [6.45, 7) is 6.29. The molecule has 94 valence electrons. The molecular formula is C14H13F3Si. The lowest BCUT2D eigenvalue weighted by Gasteiger charge is -2.05. The van der Waals surface area contributed by atoms with Crippen molar-refractivity contribution in [3.05, 3.63) is 35.4 Å². The van der Waals surface area contributed by atoms with Gasteiger partial charge < -0.3 is 0 Å². The molecule has 0 aliphatic rings. The van der Waals surface area contributed by atoms with E-state index in [4.69, 9.17) is 0 Å². The van der Waals surface area contributed by atoms with Gasteiger partial charge in [-0.05, 0) is 36.1 Å². The summed E-state index contributed by atoms with van der Waals surface area (Å²) in [6, 6.07) is 4.75. The first-order valence-electron chi connectivity index (χ1n) is 5.39. The van der Waals surface area contributed by atoms with E-state index in [0.29, 0.717) is 5.56 Å². The molecule has 0 aliphatic heterocycles.